The Morgan fingerprint density at radius 3 is 2.42 bits per heavy atom. The summed E-state index contributed by atoms with van der Waals surface area (Å²) in [5.41, 5.74) is 1.37. The fraction of sp³-hybridized carbons (Fsp3) is 0.368. The molecule has 6 nitrogen and oxygen atoms in total. The first-order valence-electron chi connectivity index (χ1n) is 8.75. The van der Waals surface area contributed by atoms with Crippen LogP contribution in [0.5, 0.6) is 0 Å². The molecule has 7 heteroatoms. The maximum Gasteiger partial charge on any atom is 0.253 e. The average molecular weight is 373 g/mol. The third kappa shape index (κ3) is 5.12. The number of sulfonamides is 1. The van der Waals surface area contributed by atoms with Gasteiger partial charge in [0.05, 0.1) is 18.0 Å². The minimum Gasteiger partial charge on any atom is -0.339 e. The largest absolute Gasteiger partial charge is 0.339 e. The fourth-order valence-corrected chi connectivity index (χ4v) is 4.56. The van der Waals surface area contributed by atoms with Gasteiger partial charge in [0.25, 0.3) is 5.91 Å². The van der Waals surface area contributed by atoms with Crippen LogP contribution in [0.2, 0.25) is 0 Å². The number of piperidine rings is 1. The molecule has 1 amide bonds. The summed E-state index contributed by atoms with van der Waals surface area (Å²) >= 11 is 0. The molecule has 2 aromatic rings. The van der Waals surface area contributed by atoms with Crippen LogP contribution in [0, 0.1) is 5.92 Å². The molecule has 0 saturated carbocycles. The highest BCUT2D eigenvalue weighted by Crippen LogP contribution is 2.20. The fourth-order valence-electron chi connectivity index (χ4n) is 3.12. The van der Waals surface area contributed by atoms with Crippen LogP contribution >= 0.6 is 0 Å². The first-order chi connectivity index (χ1) is 12.5. The molecule has 1 aromatic carbocycles. The van der Waals surface area contributed by atoms with E-state index in [9.17, 15) is 13.2 Å². The number of aromatic nitrogens is 1. The SMILES string of the molecule is O=C(c1ccccc1)N1CCC(CS(=O)(=O)NCc2ccccn2)CC1. The van der Waals surface area contributed by atoms with Crippen LogP contribution in [-0.4, -0.2) is 43.1 Å². The Morgan fingerprint density at radius 2 is 1.77 bits per heavy atom. The summed E-state index contributed by atoms with van der Waals surface area (Å²) in [5, 5.41) is 0. The number of nitrogens with zero attached hydrogens (tertiary/aromatic N) is 2. The second kappa shape index (κ2) is 8.42. The number of hydrogen-bond donors (Lipinski definition) is 1. The van der Waals surface area contributed by atoms with Crippen molar-refractivity contribution >= 4 is 15.9 Å². The summed E-state index contributed by atoms with van der Waals surface area (Å²) in [7, 11) is -3.36. The molecule has 2 heterocycles. The van der Waals surface area contributed by atoms with Gasteiger partial charge in [-0.25, -0.2) is 13.1 Å². The Labute approximate surface area is 154 Å². The molecular weight excluding hydrogens is 350 g/mol. The van der Waals surface area contributed by atoms with Crippen molar-refractivity contribution < 1.29 is 13.2 Å². The Hall–Kier alpha value is -2.25. The van der Waals surface area contributed by atoms with E-state index in [1.54, 1.807) is 35.4 Å². The van der Waals surface area contributed by atoms with Crippen molar-refractivity contribution in [1.29, 1.82) is 0 Å². The van der Waals surface area contributed by atoms with E-state index in [4.69, 9.17) is 0 Å². The lowest BCUT2D eigenvalue weighted by atomic mass is 9.98. The number of likely N-dealkylation sites (tertiary alicyclic amines) is 1. The lowest BCUT2D eigenvalue weighted by Crippen LogP contribution is -2.41. The lowest BCUT2D eigenvalue weighted by molar-refractivity contribution is 0.0698. The van der Waals surface area contributed by atoms with E-state index in [1.165, 1.54) is 0 Å². The quantitative estimate of drug-likeness (QED) is 0.840. The molecule has 26 heavy (non-hydrogen) atoms. The van der Waals surface area contributed by atoms with Crippen molar-refractivity contribution in [1.82, 2.24) is 14.6 Å². The van der Waals surface area contributed by atoms with Gasteiger partial charge in [0.15, 0.2) is 0 Å². The molecule has 0 spiro atoms. The monoisotopic (exact) mass is 373 g/mol. The van der Waals surface area contributed by atoms with Gasteiger partial charge in [-0.1, -0.05) is 24.3 Å². The molecule has 0 unspecified atom stereocenters. The Morgan fingerprint density at radius 1 is 1.08 bits per heavy atom. The normalized spacial score (nSPS) is 15.8. The summed E-state index contributed by atoms with van der Waals surface area (Å²) in [4.78, 5) is 18.4. The number of rotatable bonds is 6. The Bertz CT molecular complexity index is 818. The second-order valence-electron chi connectivity index (χ2n) is 6.53. The number of carbonyl (C=O) groups is 1. The van der Waals surface area contributed by atoms with Gasteiger partial charge in [-0.15, -0.1) is 0 Å². The predicted octanol–water partition coefficient (Wildman–Crippen LogP) is 2.05. The van der Waals surface area contributed by atoms with Crippen LogP contribution in [-0.2, 0) is 16.6 Å². The molecule has 0 bridgehead atoms. The van der Waals surface area contributed by atoms with E-state index in [2.05, 4.69) is 9.71 Å². The second-order valence-corrected chi connectivity index (χ2v) is 8.38. The molecule has 0 aliphatic carbocycles. The van der Waals surface area contributed by atoms with Gasteiger partial charge >= 0.3 is 0 Å². The van der Waals surface area contributed by atoms with E-state index < -0.39 is 10.0 Å². The van der Waals surface area contributed by atoms with Crippen molar-refractivity contribution in [2.45, 2.75) is 19.4 Å². The first-order valence-corrected chi connectivity index (χ1v) is 10.4. The predicted molar refractivity (Wildman–Crippen MR) is 99.9 cm³/mol. The van der Waals surface area contributed by atoms with Crippen LogP contribution in [0.15, 0.2) is 54.7 Å². The average Bonchev–Trinajstić information content (AvgIpc) is 2.68. The number of benzene rings is 1. The number of amides is 1. The van der Waals surface area contributed by atoms with Crippen molar-refractivity contribution in [2.75, 3.05) is 18.8 Å². The van der Waals surface area contributed by atoms with Gasteiger partial charge < -0.3 is 4.90 Å². The molecule has 1 aliphatic heterocycles. The van der Waals surface area contributed by atoms with Crippen LogP contribution < -0.4 is 4.72 Å². The molecule has 0 radical (unpaired) electrons. The maximum atomic E-state index is 12.4. The standard InChI is InChI=1S/C19H23N3O3S/c23-19(17-6-2-1-3-7-17)22-12-9-16(10-13-22)15-26(24,25)21-14-18-8-4-5-11-20-18/h1-8,11,16,21H,9-10,12-15H2. The van der Waals surface area contributed by atoms with E-state index in [0.29, 0.717) is 37.2 Å². The number of nitrogens with one attached hydrogen (secondary N) is 1. The van der Waals surface area contributed by atoms with Crippen molar-refractivity contribution in [3.8, 4) is 0 Å². The van der Waals surface area contributed by atoms with Crippen molar-refractivity contribution in [3.63, 3.8) is 0 Å². The molecule has 1 N–H and O–H groups in total. The molecular formula is C19H23N3O3S. The topological polar surface area (TPSA) is 79.4 Å². The summed E-state index contributed by atoms with van der Waals surface area (Å²) in [5.74, 6) is 0.170. The minimum atomic E-state index is -3.36. The zero-order chi connectivity index (χ0) is 18.4. The molecule has 1 aliphatic rings. The number of hydrogen-bond acceptors (Lipinski definition) is 4. The van der Waals surface area contributed by atoms with Gasteiger partial charge in [0, 0.05) is 24.8 Å². The van der Waals surface area contributed by atoms with Gasteiger partial charge in [-0.05, 0) is 43.0 Å². The third-order valence-corrected chi connectivity index (χ3v) is 6.07. The maximum absolute atomic E-state index is 12.4. The van der Waals surface area contributed by atoms with Crippen LogP contribution in [0.1, 0.15) is 28.9 Å². The van der Waals surface area contributed by atoms with Gasteiger partial charge in [0.1, 0.15) is 0 Å². The summed E-state index contributed by atoms with van der Waals surface area (Å²) in [6.07, 6.45) is 3.04. The Kier molecular flexibility index (Phi) is 6.00. The molecule has 1 fully saturated rings. The lowest BCUT2D eigenvalue weighted by Gasteiger charge is -2.32. The summed E-state index contributed by atoms with van der Waals surface area (Å²) in [6, 6.07) is 14.6. The van der Waals surface area contributed by atoms with Crippen LogP contribution in [0.4, 0.5) is 0 Å². The third-order valence-electron chi connectivity index (χ3n) is 4.58. The molecule has 1 saturated heterocycles. The summed E-state index contributed by atoms with van der Waals surface area (Å²) in [6.45, 7) is 1.39. The molecule has 0 atom stereocenters. The van der Waals surface area contributed by atoms with Crippen LogP contribution in [0.25, 0.3) is 0 Å². The van der Waals surface area contributed by atoms with Crippen molar-refractivity contribution in [2.24, 2.45) is 5.92 Å². The van der Waals surface area contributed by atoms with Crippen LogP contribution in [0.3, 0.4) is 0 Å². The van der Waals surface area contributed by atoms with E-state index in [1.807, 2.05) is 24.3 Å². The number of pyridine rings is 1. The van der Waals surface area contributed by atoms with Gasteiger partial charge in [-0.2, -0.15) is 0 Å². The van der Waals surface area contributed by atoms with Gasteiger partial charge in [-0.3, -0.25) is 9.78 Å². The summed E-state index contributed by atoms with van der Waals surface area (Å²) < 4.78 is 27.2. The molecule has 138 valence electrons. The zero-order valence-electron chi connectivity index (χ0n) is 14.5. The zero-order valence-corrected chi connectivity index (χ0v) is 15.4. The Balaban J connectivity index is 1.48. The highest BCUT2D eigenvalue weighted by Gasteiger charge is 2.27. The minimum absolute atomic E-state index is 0.0141. The number of carbonyl (C=O) groups excluding carboxylic acids is 1. The highest BCUT2D eigenvalue weighted by molar-refractivity contribution is 7.89. The van der Waals surface area contributed by atoms with Gasteiger partial charge in [0.2, 0.25) is 10.0 Å². The molecule has 1 aromatic heterocycles. The highest BCUT2D eigenvalue weighted by atomic mass is 32.2. The van der Waals surface area contributed by atoms with Crippen molar-refractivity contribution in [3.05, 3.63) is 66.0 Å². The molecule has 3 rings (SSSR count). The smallest absolute Gasteiger partial charge is 0.253 e. The van der Waals surface area contributed by atoms with E-state index >= 15 is 0 Å². The van der Waals surface area contributed by atoms with E-state index in [0.717, 1.165) is 0 Å². The first kappa shape index (κ1) is 18.5. The van der Waals surface area contributed by atoms with E-state index in [-0.39, 0.29) is 24.1 Å².